The normalized spacial score (nSPS) is 12.7. The molecule has 1 amide bonds. The van der Waals surface area contributed by atoms with Crippen LogP contribution in [0, 0.1) is 0 Å². The lowest BCUT2D eigenvalue weighted by molar-refractivity contribution is -0.118. The Morgan fingerprint density at radius 3 is 2.80 bits per heavy atom. The number of carbonyl (C=O) groups excluding carboxylic acids is 1. The van der Waals surface area contributed by atoms with Crippen LogP contribution in [0.1, 0.15) is 13.3 Å². The molecule has 1 atom stereocenters. The van der Waals surface area contributed by atoms with E-state index in [1.54, 1.807) is 6.92 Å². The fourth-order valence-electron chi connectivity index (χ4n) is 0.468. The first-order valence-electron chi connectivity index (χ1n) is 3.17. The number of aliphatic hydroxyl groups is 1. The molecule has 0 saturated heterocycles. The van der Waals surface area contributed by atoms with Gasteiger partial charge in [-0.05, 0) is 13.3 Å². The maximum Gasteiger partial charge on any atom is 0.229 e. The predicted molar refractivity (Wildman–Crippen MR) is 48.2 cm³/mol. The third-order valence-corrected chi connectivity index (χ3v) is 1.70. The zero-order chi connectivity index (χ0) is 7.98. The lowest BCUT2D eigenvalue weighted by Gasteiger charge is -2.03. The Hall–Kier alpha value is 0.160. The molecule has 0 aromatic rings. The van der Waals surface area contributed by atoms with Gasteiger partial charge in [-0.15, -0.1) is 0 Å². The van der Waals surface area contributed by atoms with Crippen LogP contribution in [0.3, 0.4) is 0 Å². The number of halogens is 1. The van der Waals surface area contributed by atoms with Crippen LogP contribution in [-0.2, 0) is 4.79 Å². The van der Waals surface area contributed by atoms with E-state index >= 15 is 0 Å². The first-order valence-corrected chi connectivity index (χ1v) is 4.70. The molecule has 0 aliphatic carbocycles. The number of hydrogen-bond donors (Lipinski definition) is 2. The van der Waals surface area contributed by atoms with E-state index < -0.39 is 0 Å². The maximum atomic E-state index is 10.6. The number of carbonyl (C=O) groups is 1. The second kappa shape index (κ2) is 5.91. The molecule has 0 radical (unpaired) electrons. The zero-order valence-corrected chi connectivity index (χ0v) is 8.09. The van der Waals surface area contributed by atoms with Gasteiger partial charge in [0, 0.05) is 6.54 Å². The van der Waals surface area contributed by atoms with Crippen LogP contribution >= 0.6 is 22.6 Å². The smallest absolute Gasteiger partial charge is 0.229 e. The first kappa shape index (κ1) is 10.2. The van der Waals surface area contributed by atoms with E-state index in [2.05, 4.69) is 5.32 Å². The molecule has 0 heterocycles. The summed E-state index contributed by atoms with van der Waals surface area (Å²) < 4.78 is 0.484. The second-order valence-electron chi connectivity index (χ2n) is 2.12. The van der Waals surface area contributed by atoms with Crippen molar-refractivity contribution in [3.05, 3.63) is 0 Å². The molecule has 4 heteroatoms. The molecule has 0 spiro atoms. The van der Waals surface area contributed by atoms with E-state index in [4.69, 9.17) is 5.11 Å². The summed E-state index contributed by atoms with van der Waals surface area (Å²) in [6, 6.07) is 0. The van der Waals surface area contributed by atoms with Crippen LogP contribution in [0.25, 0.3) is 0 Å². The third-order valence-electron chi connectivity index (χ3n) is 1.01. The van der Waals surface area contributed by atoms with Gasteiger partial charge < -0.3 is 10.4 Å². The fraction of sp³-hybridized carbons (Fsp3) is 0.833. The molecule has 0 aliphatic rings. The number of aliphatic hydroxyl groups excluding tert-OH is 1. The van der Waals surface area contributed by atoms with E-state index in [9.17, 15) is 4.79 Å². The summed E-state index contributed by atoms with van der Waals surface area (Å²) in [7, 11) is 0. The first-order chi connectivity index (χ1) is 4.66. The molecule has 60 valence electrons. The minimum Gasteiger partial charge on any atom is -0.393 e. The molecular weight excluding hydrogens is 245 g/mol. The molecule has 0 aromatic carbocycles. The Morgan fingerprint density at radius 2 is 2.40 bits per heavy atom. The number of rotatable bonds is 4. The summed E-state index contributed by atoms with van der Waals surface area (Å²) in [5.74, 6) is 0.0289. The van der Waals surface area contributed by atoms with Gasteiger partial charge in [-0.3, -0.25) is 4.79 Å². The van der Waals surface area contributed by atoms with Gasteiger partial charge in [-0.25, -0.2) is 0 Å². The quantitative estimate of drug-likeness (QED) is 0.562. The Bertz CT molecular complexity index is 106. The summed E-state index contributed by atoms with van der Waals surface area (Å²) in [5.41, 5.74) is 0. The van der Waals surface area contributed by atoms with Crippen LogP contribution in [0.5, 0.6) is 0 Å². The SMILES string of the molecule is CC(O)CCNC(=O)CI. The van der Waals surface area contributed by atoms with E-state index in [1.807, 2.05) is 22.6 Å². The summed E-state index contributed by atoms with van der Waals surface area (Å²) in [5, 5.41) is 11.4. The minimum absolute atomic E-state index is 0.0289. The van der Waals surface area contributed by atoms with E-state index in [-0.39, 0.29) is 12.0 Å². The van der Waals surface area contributed by atoms with Gasteiger partial charge in [-0.1, -0.05) is 22.6 Å². The van der Waals surface area contributed by atoms with Gasteiger partial charge in [0.15, 0.2) is 0 Å². The molecule has 0 aliphatic heterocycles. The molecule has 3 nitrogen and oxygen atoms in total. The number of alkyl halides is 1. The van der Waals surface area contributed by atoms with Crippen LogP contribution in [-0.4, -0.2) is 28.1 Å². The fourth-order valence-corrected chi connectivity index (χ4v) is 0.737. The number of hydrogen-bond acceptors (Lipinski definition) is 2. The molecule has 0 fully saturated rings. The molecule has 0 bridgehead atoms. The van der Waals surface area contributed by atoms with Gasteiger partial charge in [-0.2, -0.15) is 0 Å². The van der Waals surface area contributed by atoms with Gasteiger partial charge in [0.1, 0.15) is 0 Å². The predicted octanol–water partition coefficient (Wildman–Crippen LogP) is 0.309. The van der Waals surface area contributed by atoms with Crippen molar-refractivity contribution in [2.24, 2.45) is 0 Å². The van der Waals surface area contributed by atoms with Crippen molar-refractivity contribution >= 4 is 28.5 Å². The molecule has 10 heavy (non-hydrogen) atoms. The van der Waals surface area contributed by atoms with Crippen LogP contribution < -0.4 is 5.32 Å². The Balaban J connectivity index is 3.12. The van der Waals surface area contributed by atoms with Crippen molar-refractivity contribution in [2.45, 2.75) is 19.4 Å². The standard InChI is InChI=1S/C6H12INO2/c1-5(9)2-3-8-6(10)4-7/h5,9H,2-4H2,1H3,(H,8,10). The van der Waals surface area contributed by atoms with Crippen molar-refractivity contribution in [1.82, 2.24) is 5.32 Å². The Kier molecular flexibility index (Phi) is 6.00. The zero-order valence-electron chi connectivity index (χ0n) is 5.93. The molecule has 0 aromatic heterocycles. The largest absolute Gasteiger partial charge is 0.393 e. The number of nitrogens with one attached hydrogen (secondary N) is 1. The number of amides is 1. The molecule has 1 unspecified atom stereocenters. The Morgan fingerprint density at radius 1 is 1.80 bits per heavy atom. The lowest BCUT2D eigenvalue weighted by Crippen LogP contribution is -2.27. The summed E-state index contributed by atoms with van der Waals surface area (Å²) in [4.78, 5) is 10.6. The van der Waals surface area contributed by atoms with Crippen molar-refractivity contribution in [2.75, 3.05) is 11.0 Å². The van der Waals surface area contributed by atoms with Crippen LogP contribution in [0.4, 0.5) is 0 Å². The highest BCUT2D eigenvalue weighted by Crippen LogP contribution is 1.86. The highest BCUT2D eigenvalue weighted by atomic mass is 127. The lowest BCUT2D eigenvalue weighted by atomic mass is 10.3. The summed E-state index contributed by atoms with van der Waals surface area (Å²) in [6.45, 7) is 2.27. The molecule has 0 rings (SSSR count). The van der Waals surface area contributed by atoms with Crippen molar-refractivity contribution in [3.63, 3.8) is 0 Å². The highest BCUT2D eigenvalue weighted by molar-refractivity contribution is 14.1. The van der Waals surface area contributed by atoms with Crippen molar-refractivity contribution in [1.29, 1.82) is 0 Å². The minimum atomic E-state index is -0.325. The van der Waals surface area contributed by atoms with Gasteiger partial charge in [0.05, 0.1) is 10.5 Å². The van der Waals surface area contributed by atoms with Gasteiger partial charge in [0.25, 0.3) is 0 Å². The van der Waals surface area contributed by atoms with Crippen molar-refractivity contribution < 1.29 is 9.90 Å². The average Bonchev–Trinajstić information content (AvgIpc) is 1.87. The van der Waals surface area contributed by atoms with Gasteiger partial charge in [0.2, 0.25) is 5.91 Å². The second-order valence-corrected chi connectivity index (χ2v) is 2.88. The van der Waals surface area contributed by atoms with E-state index in [0.717, 1.165) is 0 Å². The maximum absolute atomic E-state index is 10.6. The van der Waals surface area contributed by atoms with E-state index in [0.29, 0.717) is 17.4 Å². The van der Waals surface area contributed by atoms with Crippen molar-refractivity contribution in [3.8, 4) is 0 Å². The molecule has 0 saturated carbocycles. The van der Waals surface area contributed by atoms with Gasteiger partial charge >= 0.3 is 0 Å². The Labute approximate surface area is 74.3 Å². The van der Waals surface area contributed by atoms with E-state index in [1.165, 1.54) is 0 Å². The monoisotopic (exact) mass is 257 g/mol. The summed E-state index contributed by atoms with van der Waals surface area (Å²) in [6.07, 6.45) is 0.303. The molecule has 2 N–H and O–H groups in total. The van der Waals surface area contributed by atoms with Crippen LogP contribution in [0.2, 0.25) is 0 Å². The molecular formula is C6H12INO2. The highest BCUT2D eigenvalue weighted by Gasteiger charge is 1.98. The topological polar surface area (TPSA) is 49.3 Å². The van der Waals surface area contributed by atoms with Crippen LogP contribution in [0.15, 0.2) is 0 Å². The average molecular weight is 257 g/mol. The summed E-state index contributed by atoms with van der Waals surface area (Å²) >= 11 is 2.00. The third kappa shape index (κ3) is 6.28.